The monoisotopic (exact) mass is 426 g/mol. The lowest BCUT2D eigenvalue weighted by Gasteiger charge is -2.12. The molecule has 160 valence electrons. The summed E-state index contributed by atoms with van der Waals surface area (Å²) in [6, 6.07) is 19.7. The summed E-state index contributed by atoms with van der Waals surface area (Å²) in [6.07, 6.45) is 0. The Morgan fingerprint density at radius 2 is 1.55 bits per heavy atom. The first kappa shape index (κ1) is 21.8. The van der Waals surface area contributed by atoms with Gasteiger partial charge in [0.25, 0.3) is 11.8 Å². The van der Waals surface area contributed by atoms with Gasteiger partial charge in [-0.25, -0.2) is 0 Å². The molecule has 0 atom stereocenters. The molecule has 0 fully saturated rings. The van der Waals surface area contributed by atoms with Gasteiger partial charge in [0.05, 0.1) is 7.11 Å². The highest BCUT2D eigenvalue weighted by Crippen LogP contribution is 2.29. The van der Waals surface area contributed by atoms with E-state index in [0.29, 0.717) is 22.4 Å². The van der Waals surface area contributed by atoms with Crippen molar-refractivity contribution in [3.8, 4) is 11.5 Å². The number of alkyl halides is 2. The van der Waals surface area contributed by atoms with Crippen LogP contribution in [0.1, 0.15) is 26.3 Å². The molecule has 31 heavy (non-hydrogen) atoms. The van der Waals surface area contributed by atoms with Crippen LogP contribution in [0.4, 0.5) is 14.5 Å². The fourth-order valence-electron chi connectivity index (χ4n) is 2.80. The molecular weight excluding hydrogens is 406 g/mol. The lowest BCUT2D eigenvalue weighted by molar-refractivity contribution is -0.0512. The summed E-state index contributed by atoms with van der Waals surface area (Å²) in [6.45, 7) is -2.80. The number of anilines is 1. The van der Waals surface area contributed by atoms with E-state index in [9.17, 15) is 18.4 Å². The van der Waals surface area contributed by atoms with Crippen molar-refractivity contribution < 1.29 is 27.8 Å². The first-order valence-electron chi connectivity index (χ1n) is 9.32. The van der Waals surface area contributed by atoms with Crippen LogP contribution >= 0.6 is 0 Å². The molecule has 3 aromatic carbocycles. The summed E-state index contributed by atoms with van der Waals surface area (Å²) in [7, 11) is 1.34. The zero-order chi connectivity index (χ0) is 22.2. The molecule has 0 spiro atoms. The molecule has 0 unspecified atom stereocenters. The van der Waals surface area contributed by atoms with E-state index < -0.39 is 6.61 Å². The topological polar surface area (TPSA) is 76.7 Å². The Bertz CT molecular complexity index is 1040. The number of hydrogen-bond donors (Lipinski definition) is 2. The minimum atomic E-state index is -2.96. The van der Waals surface area contributed by atoms with Crippen molar-refractivity contribution in [3.05, 3.63) is 89.5 Å². The predicted octanol–water partition coefficient (Wildman–Crippen LogP) is 4.48. The maximum absolute atomic E-state index is 12.4. The Labute approximate surface area is 177 Å². The quantitative estimate of drug-likeness (QED) is 0.557. The van der Waals surface area contributed by atoms with Crippen LogP contribution in [0.5, 0.6) is 11.5 Å². The fraction of sp³-hybridized carbons (Fsp3) is 0.130. The molecule has 0 aliphatic carbocycles. The van der Waals surface area contributed by atoms with Gasteiger partial charge in [0.1, 0.15) is 0 Å². The van der Waals surface area contributed by atoms with Gasteiger partial charge in [0, 0.05) is 23.4 Å². The summed E-state index contributed by atoms with van der Waals surface area (Å²) >= 11 is 0. The van der Waals surface area contributed by atoms with Crippen LogP contribution in [-0.2, 0) is 6.54 Å². The zero-order valence-corrected chi connectivity index (χ0v) is 16.6. The number of ether oxygens (including phenoxy) is 2. The summed E-state index contributed by atoms with van der Waals surface area (Å²) < 4.78 is 34.2. The number of rotatable bonds is 8. The van der Waals surface area contributed by atoms with Crippen LogP contribution in [0.25, 0.3) is 0 Å². The molecule has 0 saturated heterocycles. The second kappa shape index (κ2) is 10.2. The average molecular weight is 426 g/mol. The highest BCUT2D eigenvalue weighted by molar-refractivity contribution is 6.04. The maximum Gasteiger partial charge on any atom is 0.387 e. The predicted molar refractivity (Wildman–Crippen MR) is 112 cm³/mol. The van der Waals surface area contributed by atoms with Gasteiger partial charge in [0.15, 0.2) is 11.5 Å². The lowest BCUT2D eigenvalue weighted by atomic mass is 10.1. The van der Waals surface area contributed by atoms with E-state index in [-0.39, 0.29) is 29.9 Å². The molecule has 0 aliphatic heterocycles. The average Bonchev–Trinajstić information content (AvgIpc) is 2.79. The van der Waals surface area contributed by atoms with Gasteiger partial charge in [-0.05, 0) is 54.1 Å². The molecule has 2 N–H and O–H groups in total. The maximum atomic E-state index is 12.4. The van der Waals surface area contributed by atoms with Gasteiger partial charge in [-0.15, -0.1) is 0 Å². The van der Waals surface area contributed by atoms with Crippen LogP contribution in [-0.4, -0.2) is 25.5 Å². The van der Waals surface area contributed by atoms with Gasteiger partial charge in [-0.1, -0.05) is 24.3 Å². The Kier molecular flexibility index (Phi) is 7.16. The van der Waals surface area contributed by atoms with Crippen LogP contribution in [0.15, 0.2) is 72.8 Å². The van der Waals surface area contributed by atoms with E-state index >= 15 is 0 Å². The highest BCUT2D eigenvalue weighted by atomic mass is 19.3. The molecule has 2 amide bonds. The van der Waals surface area contributed by atoms with Gasteiger partial charge in [0.2, 0.25) is 0 Å². The third-order valence-electron chi connectivity index (χ3n) is 4.34. The minimum Gasteiger partial charge on any atom is -0.493 e. The molecular formula is C23H20F2N2O4. The normalized spacial score (nSPS) is 10.5. The summed E-state index contributed by atoms with van der Waals surface area (Å²) in [4.78, 5) is 24.6. The second-order valence-electron chi connectivity index (χ2n) is 6.44. The number of halogens is 2. The van der Waals surface area contributed by atoms with Crippen molar-refractivity contribution in [1.82, 2.24) is 5.32 Å². The SMILES string of the molecule is COc1cc(CNC(=O)c2ccc(NC(=O)c3ccccc3)cc2)ccc1OC(F)F. The molecule has 3 rings (SSSR count). The Morgan fingerprint density at radius 3 is 2.19 bits per heavy atom. The number of carbonyl (C=O) groups excluding carboxylic acids is 2. The Morgan fingerprint density at radius 1 is 0.871 bits per heavy atom. The zero-order valence-electron chi connectivity index (χ0n) is 16.6. The summed E-state index contributed by atoms with van der Waals surface area (Å²) in [5, 5.41) is 5.51. The largest absolute Gasteiger partial charge is 0.493 e. The Hall–Kier alpha value is -3.94. The molecule has 3 aromatic rings. The third-order valence-corrected chi connectivity index (χ3v) is 4.34. The van der Waals surface area contributed by atoms with E-state index in [2.05, 4.69) is 15.4 Å². The van der Waals surface area contributed by atoms with Crippen molar-refractivity contribution in [1.29, 1.82) is 0 Å². The first-order chi connectivity index (χ1) is 15.0. The van der Waals surface area contributed by atoms with Crippen LogP contribution in [0, 0.1) is 0 Å². The van der Waals surface area contributed by atoms with E-state index in [1.807, 2.05) is 6.07 Å². The summed E-state index contributed by atoms with van der Waals surface area (Å²) in [5.74, 6) is -0.509. The van der Waals surface area contributed by atoms with Gasteiger partial charge >= 0.3 is 6.61 Å². The molecule has 8 heteroatoms. The highest BCUT2D eigenvalue weighted by Gasteiger charge is 2.12. The Balaban J connectivity index is 1.58. The number of carbonyl (C=O) groups is 2. The lowest BCUT2D eigenvalue weighted by Crippen LogP contribution is -2.22. The molecule has 0 radical (unpaired) electrons. The molecule has 0 aliphatic rings. The number of hydrogen-bond acceptors (Lipinski definition) is 4. The number of methoxy groups -OCH3 is 1. The number of nitrogens with one attached hydrogen (secondary N) is 2. The van der Waals surface area contributed by atoms with Crippen molar-refractivity contribution in [3.63, 3.8) is 0 Å². The van der Waals surface area contributed by atoms with Crippen molar-refractivity contribution in [2.24, 2.45) is 0 Å². The molecule has 0 bridgehead atoms. The van der Waals surface area contributed by atoms with Gasteiger partial charge < -0.3 is 20.1 Å². The van der Waals surface area contributed by atoms with E-state index in [1.54, 1.807) is 54.6 Å². The molecule has 6 nitrogen and oxygen atoms in total. The molecule has 0 heterocycles. The number of benzene rings is 3. The third kappa shape index (κ3) is 6.02. The van der Waals surface area contributed by atoms with Crippen molar-refractivity contribution >= 4 is 17.5 Å². The molecule has 0 aromatic heterocycles. The minimum absolute atomic E-state index is 0.0827. The van der Waals surface area contributed by atoms with Crippen LogP contribution in [0.3, 0.4) is 0 Å². The summed E-state index contributed by atoms with van der Waals surface area (Å²) in [5.41, 5.74) is 2.15. The van der Waals surface area contributed by atoms with Crippen LogP contribution in [0.2, 0.25) is 0 Å². The fourth-order valence-corrected chi connectivity index (χ4v) is 2.80. The van der Waals surface area contributed by atoms with Crippen molar-refractivity contribution in [2.45, 2.75) is 13.2 Å². The second-order valence-corrected chi connectivity index (χ2v) is 6.44. The molecule has 0 saturated carbocycles. The van der Waals surface area contributed by atoms with Gasteiger partial charge in [-0.2, -0.15) is 8.78 Å². The first-order valence-corrected chi connectivity index (χ1v) is 9.32. The van der Waals surface area contributed by atoms with E-state index in [4.69, 9.17) is 4.74 Å². The van der Waals surface area contributed by atoms with E-state index in [1.165, 1.54) is 19.2 Å². The van der Waals surface area contributed by atoms with Gasteiger partial charge in [-0.3, -0.25) is 9.59 Å². The smallest absolute Gasteiger partial charge is 0.387 e. The van der Waals surface area contributed by atoms with Crippen LogP contribution < -0.4 is 20.1 Å². The number of amides is 2. The van der Waals surface area contributed by atoms with E-state index in [0.717, 1.165) is 0 Å². The van der Waals surface area contributed by atoms with Crippen molar-refractivity contribution in [2.75, 3.05) is 12.4 Å². The standard InChI is InChI=1S/C23H20F2N2O4/c1-30-20-13-15(7-12-19(20)31-23(24)25)14-26-21(28)17-8-10-18(11-9-17)27-22(29)16-5-3-2-4-6-16/h2-13,23H,14H2,1H3,(H,26,28)(H,27,29).